The van der Waals surface area contributed by atoms with Crippen LogP contribution in [-0.4, -0.2) is 17.4 Å². The number of nitrogens with zero attached hydrogens (tertiary/aromatic N) is 1. The summed E-state index contributed by atoms with van der Waals surface area (Å²) >= 11 is 0. The summed E-state index contributed by atoms with van der Waals surface area (Å²) in [6.07, 6.45) is 6.27. The third kappa shape index (κ3) is 3.99. The van der Waals surface area contributed by atoms with Crippen molar-refractivity contribution in [2.24, 2.45) is 4.99 Å². The van der Waals surface area contributed by atoms with Gasteiger partial charge in [-0.25, -0.2) is 4.99 Å². The Balaban J connectivity index is 2.01. The molecule has 1 saturated carbocycles. The van der Waals surface area contributed by atoms with Crippen molar-refractivity contribution in [1.82, 2.24) is 0 Å². The zero-order valence-electron chi connectivity index (χ0n) is 16.2. The molecule has 0 amide bonds. The van der Waals surface area contributed by atoms with Gasteiger partial charge in [-0.15, -0.1) is 0 Å². The van der Waals surface area contributed by atoms with Crippen molar-refractivity contribution in [2.75, 3.05) is 0 Å². The molecular weight excluding hydrogens is 357 g/mol. The summed E-state index contributed by atoms with van der Waals surface area (Å²) in [6, 6.07) is 32.7. The van der Waals surface area contributed by atoms with Crippen LogP contribution in [0.3, 0.4) is 0 Å². The normalized spacial score (nSPS) is 14.7. The molecule has 3 aromatic carbocycles. The average Bonchev–Trinajstić information content (AvgIpc) is 2.79. The Bertz CT molecular complexity index is 902. The molecule has 0 saturated heterocycles. The van der Waals surface area contributed by atoms with Gasteiger partial charge in [-0.3, -0.25) is 0 Å². The minimum absolute atomic E-state index is 0.408. The number of hydrogen-bond donors (Lipinski definition) is 0. The maximum Gasteiger partial charge on any atom is 0.0600 e. The number of hydrogen-bond acceptors (Lipinski definition) is 1. The van der Waals surface area contributed by atoms with E-state index in [0.717, 1.165) is 0 Å². The Kier molecular flexibility index (Phi) is 6.11. The molecule has 0 spiro atoms. The first kappa shape index (κ1) is 18.8. The molecular formula is C26H26NP. The van der Waals surface area contributed by atoms with Crippen molar-refractivity contribution in [3.05, 3.63) is 91.0 Å². The summed E-state index contributed by atoms with van der Waals surface area (Å²) in [4.78, 5) is 4.81. The van der Waals surface area contributed by atoms with Gasteiger partial charge in [0.15, 0.2) is 0 Å². The second-order valence-corrected chi connectivity index (χ2v) is 10.4. The quantitative estimate of drug-likeness (QED) is 0.447. The largest absolute Gasteiger partial charge is 0.232 e. The Morgan fingerprint density at radius 1 is 0.607 bits per heavy atom. The molecule has 0 bridgehead atoms. The number of rotatable bonds is 4. The van der Waals surface area contributed by atoms with Gasteiger partial charge in [-0.2, -0.15) is 0 Å². The van der Waals surface area contributed by atoms with Crippen LogP contribution < -0.4 is 15.9 Å². The van der Waals surface area contributed by atoms with Crippen molar-refractivity contribution in [3.8, 4) is 0 Å². The summed E-state index contributed by atoms with van der Waals surface area (Å²) in [7, 11) is 0. The van der Waals surface area contributed by atoms with Gasteiger partial charge in [0.05, 0.1) is 6.04 Å². The highest BCUT2D eigenvalue weighted by Crippen LogP contribution is 2.42. The van der Waals surface area contributed by atoms with E-state index in [1.807, 2.05) is 0 Å². The van der Waals surface area contributed by atoms with E-state index in [0.29, 0.717) is 6.04 Å². The van der Waals surface area contributed by atoms with E-state index in [9.17, 15) is 0 Å². The number of aliphatic imine (C=N–C) groups is 1. The van der Waals surface area contributed by atoms with E-state index in [-0.39, 0.29) is 0 Å². The van der Waals surface area contributed by atoms with Crippen molar-refractivity contribution in [2.45, 2.75) is 38.1 Å². The fourth-order valence-electron chi connectivity index (χ4n) is 4.00. The fraction of sp³-hybridized carbons (Fsp3) is 0.231. The molecule has 1 aliphatic carbocycles. The predicted octanol–water partition coefficient (Wildman–Crippen LogP) is 4.94. The summed E-state index contributed by atoms with van der Waals surface area (Å²) in [5.41, 5.74) is 3.72. The highest BCUT2D eigenvalue weighted by atomic mass is 31.2. The molecule has 140 valence electrons. The zero-order chi connectivity index (χ0) is 19.1. The summed E-state index contributed by atoms with van der Waals surface area (Å²) in [5, 5.41) is 3.87. The van der Waals surface area contributed by atoms with Crippen LogP contribution in [0.1, 0.15) is 32.1 Å². The Morgan fingerprint density at radius 3 is 1.46 bits per heavy atom. The van der Waals surface area contributed by atoms with Crippen molar-refractivity contribution in [3.63, 3.8) is 0 Å². The van der Waals surface area contributed by atoms with Crippen molar-refractivity contribution >= 4 is 34.1 Å². The lowest BCUT2D eigenvalue weighted by Gasteiger charge is -2.25. The highest BCUT2D eigenvalue weighted by Gasteiger charge is 2.24. The maximum absolute atomic E-state index is 4.81. The van der Waals surface area contributed by atoms with Crippen molar-refractivity contribution < 1.29 is 0 Å². The molecule has 0 heterocycles. The second kappa shape index (κ2) is 9.09. The van der Waals surface area contributed by atoms with E-state index >= 15 is 0 Å². The molecule has 0 radical (unpaired) electrons. The van der Waals surface area contributed by atoms with Crippen LogP contribution in [0, 0.1) is 0 Å². The molecule has 4 rings (SSSR count). The van der Waals surface area contributed by atoms with E-state index in [1.165, 1.54) is 48.0 Å². The van der Waals surface area contributed by atoms with Crippen LogP contribution in [0.4, 0.5) is 0 Å². The molecule has 3 aromatic rings. The lowest BCUT2D eigenvalue weighted by molar-refractivity contribution is 0.445. The smallest absolute Gasteiger partial charge is 0.0600 e. The van der Waals surface area contributed by atoms with E-state index in [1.54, 1.807) is 0 Å². The van der Waals surface area contributed by atoms with Gasteiger partial charge in [0, 0.05) is 12.8 Å². The van der Waals surface area contributed by atoms with Crippen molar-refractivity contribution in [1.29, 1.82) is 0 Å². The van der Waals surface area contributed by atoms with E-state index in [4.69, 9.17) is 4.99 Å². The monoisotopic (exact) mass is 383 g/mol. The van der Waals surface area contributed by atoms with Gasteiger partial charge in [-0.05, 0) is 34.2 Å². The molecule has 1 aliphatic rings. The van der Waals surface area contributed by atoms with Gasteiger partial charge in [0.2, 0.25) is 0 Å². The Morgan fingerprint density at radius 2 is 1.04 bits per heavy atom. The number of benzene rings is 3. The topological polar surface area (TPSA) is 12.4 Å². The van der Waals surface area contributed by atoms with Crippen LogP contribution in [0.15, 0.2) is 96.0 Å². The molecule has 28 heavy (non-hydrogen) atoms. The van der Waals surface area contributed by atoms with Crippen LogP contribution in [-0.2, 0) is 0 Å². The third-order valence-corrected chi connectivity index (χ3v) is 9.12. The lowest BCUT2D eigenvalue weighted by atomic mass is 9.96. The molecule has 1 nitrogen and oxygen atoms in total. The molecule has 0 aliphatic heterocycles. The van der Waals surface area contributed by atoms with Gasteiger partial charge >= 0.3 is 0 Å². The van der Waals surface area contributed by atoms with Crippen LogP contribution in [0.5, 0.6) is 0 Å². The van der Waals surface area contributed by atoms with Crippen LogP contribution >= 0.6 is 6.89 Å². The molecule has 2 heteroatoms. The first-order chi connectivity index (χ1) is 13.9. The van der Waals surface area contributed by atoms with Gasteiger partial charge in [0.1, 0.15) is 0 Å². The second-order valence-electron chi connectivity index (χ2n) is 7.32. The maximum atomic E-state index is 4.81. The lowest BCUT2D eigenvalue weighted by Crippen LogP contribution is -2.26. The zero-order valence-corrected chi connectivity index (χ0v) is 17.1. The fourth-order valence-corrected chi connectivity index (χ4v) is 7.35. The minimum Gasteiger partial charge on any atom is -0.232 e. The average molecular weight is 383 g/mol. The molecule has 0 N–H and O–H groups in total. The van der Waals surface area contributed by atoms with Gasteiger partial charge in [-0.1, -0.05) is 110 Å². The molecule has 0 aromatic heterocycles. The van der Waals surface area contributed by atoms with E-state index < -0.39 is 6.89 Å². The summed E-state index contributed by atoms with van der Waals surface area (Å²) in [6.45, 7) is -2.08. The molecule has 0 atom stereocenters. The molecule has 0 unspecified atom stereocenters. The summed E-state index contributed by atoms with van der Waals surface area (Å²) in [5.74, 6) is 3.32. The summed E-state index contributed by atoms with van der Waals surface area (Å²) < 4.78 is 0. The van der Waals surface area contributed by atoms with Crippen LogP contribution in [0.25, 0.3) is 0 Å². The first-order valence-corrected chi connectivity index (χ1v) is 12.0. The van der Waals surface area contributed by atoms with Gasteiger partial charge < -0.3 is 0 Å². The first-order valence-electron chi connectivity index (χ1n) is 10.2. The highest BCUT2D eigenvalue weighted by molar-refractivity contribution is 7.94. The van der Waals surface area contributed by atoms with E-state index in [2.05, 4.69) is 102 Å². The van der Waals surface area contributed by atoms with Crippen LogP contribution in [0.2, 0.25) is 0 Å². The third-order valence-electron chi connectivity index (χ3n) is 5.47. The SMILES string of the molecule is C(=C=P(c1ccccc1)(c1ccccc1)c1ccccc1)=NC1CCCCC1. The predicted molar refractivity (Wildman–Crippen MR) is 124 cm³/mol. The standard InChI is InChI=1S/C26H26NP/c1-5-13-23(14-6-1)27-21-22-28(24-15-7-2-8-16-24,25-17-9-3-10-18-25)26-19-11-4-12-20-26/h2-4,7-12,15-20,23H,1,5-6,13-14H2. The molecule has 1 fully saturated rings. The Labute approximate surface area is 168 Å². The Hall–Kier alpha value is -2.55. The van der Waals surface area contributed by atoms with Gasteiger partial charge in [0.25, 0.3) is 0 Å². The minimum atomic E-state index is -2.08.